The van der Waals surface area contributed by atoms with Crippen molar-refractivity contribution in [2.24, 2.45) is 17.3 Å². The van der Waals surface area contributed by atoms with Gasteiger partial charge in [-0.2, -0.15) is 0 Å². The maximum Gasteiger partial charge on any atom is 0.310 e. The third-order valence-electron chi connectivity index (χ3n) is 3.97. The fraction of sp³-hybridized carbons (Fsp3) is 0.818. The third-order valence-corrected chi connectivity index (χ3v) is 3.97. The predicted octanol–water partition coefficient (Wildman–Crippen LogP) is 1.44. The second kappa shape index (κ2) is 3.51. The highest BCUT2D eigenvalue weighted by atomic mass is 16.5. The van der Waals surface area contributed by atoms with Crippen LogP contribution in [-0.4, -0.2) is 24.2 Å². The smallest absolute Gasteiger partial charge is 0.310 e. The summed E-state index contributed by atoms with van der Waals surface area (Å²) in [4.78, 5) is 22.5. The first-order valence-corrected chi connectivity index (χ1v) is 5.44. The molecule has 0 aromatic carbocycles. The van der Waals surface area contributed by atoms with Crippen molar-refractivity contribution in [2.45, 2.75) is 32.1 Å². The number of rotatable bonds is 2. The Balaban J connectivity index is 2.17. The fourth-order valence-corrected chi connectivity index (χ4v) is 3.21. The zero-order valence-electron chi connectivity index (χ0n) is 8.86. The lowest BCUT2D eigenvalue weighted by Gasteiger charge is -2.22. The first-order chi connectivity index (χ1) is 7.13. The molecule has 84 valence electrons. The van der Waals surface area contributed by atoms with Crippen molar-refractivity contribution < 1.29 is 19.4 Å². The molecule has 2 atom stereocenters. The van der Waals surface area contributed by atoms with E-state index in [1.54, 1.807) is 0 Å². The van der Waals surface area contributed by atoms with Crippen LogP contribution in [0, 0.1) is 17.3 Å². The van der Waals surface area contributed by atoms with Gasteiger partial charge in [-0.05, 0) is 18.3 Å². The van der Waals surface area contributed by atoms with Gasteiger partial charge in [0.15, 0.2) is 0 Å². The predicted molar refractivity (Wildman–Crippen MR) is 52.1 cm³/mol. The van der Waals surface area contributed by atoms with Gasteiger partial charge < -0.3 is 9.84 Å². The minimum absolute atomic E-state index is 0.267. The van der Waals surface area contributed by atoms with Crippen LogP contribution in [0.2, 0.25) is 0 Å². The Bertz CT molecular complexity index is 291. The number of esters is 1. The molecule has 4 heteroatoms. The number of methoxy groups -OCH3 is 1. The maximum atomic E-state index is 11.5. The lowest BCUT2D eigenvalue weighted by molar-refractivity contribution is -0.146. The number of ether oxygens (including phenoxy) is 1. The van der Waals surface area contributed by atoms with Gasteiger partial charge in [0, 0.05) is 0 Å². The summed E-state index contributed by atoms with van der Waals surface area (Å²) >= 11 is 0. The van der Waals surface area contributed by atoms with Gasteiger partial charge in [-0.1, -0.05) is 19.3 Å². The average molecular weight is 212 g/mol. The molecule has 15 heavy (non-hydrogen) atoms. The van der Waals surface area contributed by atoms with Crippen LogP contribution < -0.4 is 0 Å². The van der Waals surface area contributed by atoms with Crippen molar-refractivity contribution in [3.63, 3.8) is 0 Å². The molecule has 0 radical (unpaired) electrons. The third kappa shape index (κ3) is 1.43. The standard InChI is InChI=1S/C11H16O4/c1-15-10(14)8-7(9(12)13)11(8)5-3-2-4-6-11/h7-8H,2-6H2,1H3,(H,12,13)/t7-,8-/m1/s1. The van der Waals surface area contributed by atoms with Crippen LogP contribution in [0.4, 0.5) is 0 Å². The lowest BCUT2D eigenvalue weighted by Crippen LogP contribution is -2.16. The zero-order chi connectivity index (χ0) is 11.1. The van der Waals surface area contributed by atoms with E-state index in [1.165, 1.54) is 7.11 Å². The molecule has 0 aromatic rings. The molecule has 0 aliphatic heterocycles. The lowest BCUT2D eigenvalue weighted by atomic mass is 9.83. The van der Waals surface area contributed by atoms with E-state index < -0.39 is 11.9 Å². The number of hydrogen-bond donors (Lipinski definition) is 1. The second-order valence-electron chi connectivity index (χ2n) is 4.61. The molecule has 2 rings (SSSR count). The van der Waals surface area contributed by atoms with Crippen LogP contribution in [-0.2, 0) is 14.3 Å². The minimum Gasteiger partial charge on any atom is -0.481 e. The first kappa shape index (κ1) is 10.5. The summed E-state index contributed by atoms with van der Waals surface area (Å²) < 4.78 is 4.68. The molecule has 0 aromatic heterocycles. The quantitative estimate of drug-likeness (QED) is 0.703. The van der Waals surface area contributed by atoms with Gasteiger partial charge >= 0.3 is 11.9 Å². The largest absolute Gasteiger partial charge is 0.481 e. The summed E-state index contributed by atoms with van der Waals surface area (Å²) in [6.07, 6.45) is 4.96. The molecule has 0 heterocycles. The Morgan fingerprint density at radius 1 is 1.20 bits per heavy atom. The Morgan fingerprint density at radius 2 is 1.80 bits per heavy atom. The molecule has 4 nitrogen and oxygen atoms in total. The van der Waals surface area contributed by atoms with E-state index in [-0.39, 0.29) is 17.3 Å². The zero-order valence-corrected chi connectivity index (χ0v) is 8.86. The Kier molecular flexibility index (Phi) is 2.44. The molecule has 0 saturated heterocycles. The first-order valence-electron chi connectivity index (χ1n) is 5.44. The van der Waals surface area contributed by atoms with Crippen molar-refractivity contribution in [3.8, 4) is 0 Å². The van der Waals surface area contributed by atoms with Crippen molar-refractivity contribution >= 4 is 11.9 Å². The van der Waals surface area contributed by atoms with E-state index >= 15 is 0 Å². The summed E-state index contributed by atoms with van der Waals surface area (Å²) in [7, 11) is 1.33. The molecule has 2 fully saturated rings. The molecular weight excluding hydrogens is 196 g/mol. The minimum atomic E-state index is -0.840. The van der Waals surface area contributed by atoms with E-state index in [4.69, 9.17) is 5.11 Å². The van der Waals surface area contributed by atoms with Gasteiger partial charge in [0.25, 0.3) is 0 Å². The summed E-state index contributed by atoms with van der Waals surface area (Å²) in [6, 6.07) is 0. The Hall–Kier alpha value is -1.06. The van der Waals surface area contributed by atoms with E-state index in [9.17, 15) is 9.59 Å². The average Bonchev–Trinajstić information content (AvgIpc) is 2.86. The molecule has 1 spiro atoms. The van der Waals surface area contributed by atoms with Crippen molar-refractivity contribution in [3.05, 3.63) is 0 Å². The highest BCUT2D eigenvalue weighted by Crippen LogP contribution is 2.66. The maximum absolute atomic E-state index is 11.5. The van der Waals surface area contributed by atoms with Crippen molar-refractivity contribution in [2.75, 3.05) is 7.11 Å². The van der Waals surface area contributed by atoms with E-state index in [0.717, 1.165) is 32.1 Å². The molecule has 0 unspecified atom stereocenters. The van der Waals surface area contributed by atoms with Crippen LogP contribution >= 0.6 is 0 Å². The van der Waals surface area contributed by atoms with Gasteiger partial charge in [0.1, 0.15) is 0 Å². The molecular formula is C11H16O4. The van der Waals surface area contributed by atoms with Gasteiger partial charge in [-0.15, -0.1) is 0 Å². The molecule has 2 aliphatic rings. The number of carbonyl (C=O) groups excluding carboxylic acids is 1. The highest BCUT2D eigenvalue weighted by molar-refractivity contribution is 5.89. The van der Waals surface area contributed by atoms with Crippen LogP contribution in [0.1, 0.15) is 32.1 Å². The van der Waals surface area contributed by atoms with E-state index in [0.29, 0.717) is 0 Å². The van der Waals surface area contributed by atoms with Gasteiger partial charge in [-0.3, -0.25) is 9.59 Å². The Morgan fingerprint density at radius 3 is 2.27 bits per heavy atom. The molecule has 0 amide bonds. The topological polar surface area (TPSA) is 63.6 Å². The van der Waals surface area contributed by atoms with Crippen molar-refractivity contribution in [1.29, 1.82) is 0 Å². The molecule has 2 saturated carbocycles. The monoisotopic (exact) mass is 212 g/mol. The fourth-order valence-electron chi connectivity index (χ4n) is 3.21. The summed E-state index contributed by atoms with van der Waals surface area (Å²) in [5, 5.41) is 9.08. The van der Waals surface area contributed by atoms with Crippen LogP contribution in [0.15, 0.2) is 0 Å². The summed E-state index contributed by atoms with van der Waals surface area (Å²) in [5.74, 6) is -2.07. The van der Waals surface area contributed by atoms with E-state index in [2.05, 4.69) is 4.74 Å². The normalized spacial score (nSPS) is 32.3. The molecule has 2 aliphatic carbocycles. The summed E-state index contributed by atoms with van der Waals surface area (Å²) in [6.45, 7) is 0. The second-order valence-corrected chi connectivity index (χ2v) is 4.61. The SMILES string of the molecule is COC(=O)[C@H]1[C@H](C(=O)O)C12CCCCC2. The van der Waals surface area contributed by atoms with Crippen LogP contribution in [0.5, 0.6) is 0 Å². The van der Waals surface area contributed by atoms with Gasteiger partial charge in [0.05, 0.1) is 18.9 Å². The Labute approximate surface area is 88.6 Å². The number of carboxylic acids is 1. The number of carbonyl (C=O) groups is 2. The van der Waals surface area contributed by atoms with Gasteiger partial charge in [-0.25, -0.2) is 0 Å². The number of hydrogen-bond acceptors (Lipinski definition) is 3. The van der Waals surface area contributed by atoms with Crippen LogP contribution in [0.25, 0.3) is 0 Å². The van der Waals surface area contributed by atoms with Crippen LogP contribution in [0.3, 0.4) is 0 Å². The van der Waals surface area contributed by atoms with E-state index in [1.807, 2.05) is 0 Å². The summed E-state index contributed by atoms with van der Waals surface area (Å²) in [5.41, 5.74) is -0.267. The number of aliphatic carboxylic acids is 1. The van der Waals surface area contributed by atoms with Crippen molar-refractivity contribution in [1.82, 2.24) is 0 Å². The highest BCUT2D eigenvalue weighted by Gasteiger charge is 2.71. The number of carboxylic acid groups (broad SMARTS) is 1. The van der Waals surface area contributed by atoms with Gasteiger partial charge in [0.2, 0.25) is 0 Å². The molecule has 0 bridgehead atoms. The molecule has 1 N–H and O–H groups in total.